The lowest BCUT2D eigenvalue weighted by Crippen LogP contribution is -2.37. The van der Waals surface area contributed by atoms with Crippen LogP contribution in [0.1, 0.15) is 23.2 Å². The van der Waals surface area contributed by atoms with Crippen LogP contribution in [0.15, 0.2) is 55.4 Å². The van der Waals surface area contributed by atoms with Gasteiger partial charge in [-0.25, -0.2) is 14.8 Å². The van der Waals surface area contributed by atoms with Crippen molar-refractivity contribution in [2.45, 2.75) is 26.5 Å². The normalized spacial score (nSPS) is 13.9. The summed E-state index contributed by atoms with van der Waals surface area (Å²) in [6.07, 6.45) is 9.18. The monoisotopic (exact) mass is 463 g/mol. The third kappa shape index (κ3) is 4.34. The third-order valence-electron chi connectivity index (χ3n) is 5.57. The van der Waals surface area contributed by atoms with E-state index >= 15 is 0 Å². The standard InChI is InChI=1S/C24H22ClN5O3/c1-16-10-21(30-8-6-26-15-30)18-4-2-5-22(23(18)28-16)33-14-19-17(11-27-12-20(19)25)13-29-7-3-9-32-24(29)31/h2,4-6,8,10-12,15H,3,7,9,13-14H2,1H3. The van der Waals surface area contributed by atoms with Crippen molar-refractivity contribution in [2.75, 3.05) is 13.2 Å². The van der Waals surface area contributed by atoms with Crippen LogP contribution in [0.3, 0.4) is 0 Å². The Morgan fingerprint density at radius 1 is 1.24 bits per heavy atom. The van der Waals surface area contributed by atoms with E-state index in [1.54, 1.807) is 29.8 Å². The molecule has 5 rings (SSSR count). The number of para-hydroxylation sites is 1. The van der Waals surface area contributed by atoms with E-state index in [9.17, 15) is 4.79 Å². The molecule has 0 saturated carbocycles. The van der Waals surface area contributed by atoms with Crippen LogP contribution in [0.2, 0.25) is 5.02 Å². The van der Waals surface area contributed by atoms with Crippen LogP contribution in [0.25, 0.3) is 16.6 Å². The Morgan fingerprint density at radius 3 is 2.97 bits per heavy atom. The molecule has 1 saturated heterocycles. The largest absolute Gasteiger partial charge is 0.487 e. The highest BCUT2D eigenvalue weighted by Gasteiger charge is 2.22. The third-order valence-corrected chi connectivity index (χ3v) is 5.90. The molecule has 1 fully saturated rings. The van der Waals surface area contributed by atoms with E-state index < -0.39 is 0 Å². The number of cyclic esters (lactones) is 1. The van der Waals surface area contributed by atoms with Gasteiger partial charge in [0.25, 0.3) is 0 Å². The number of aryl methyl sites for hydroxylation is 1. The van der Waals surface area contributed by atoms with Gasteiger partial charge in [0.2, 0.25) is 0 Å². The predicted molar refractivity (Wildman–Crippen MR) is 124 cm³/mol. The minimum Gasteiger partial charge on any atom is -0.487 e. The second-order valence-corrected chi connectivity index (χ2v) is 8.25. The number of halogens is 1. The van der Waals surface area contributed by atoms with E-state index in [1.165, 1.54) is 0 Å². The van der Waals surface area contributed by atoms with E-state index in [4.69, 9.17) is 26.1 Å². The molecule has 0 unspecified atom stereocenters. The molecule has 9 heteroatoms. The van der Waals surface area contributed by atoms with Gasteiger partial charge in [-0.15, -0.1) is 0 Å². The fraction of sp³-hybridized carbons (Fsp3) is 0.250. The van der Waals surface area contributed by atoms with Gasteiger partial charge in [0.1, 0.15) is 17.9 Å². The van der Waals surface area contributed by atoms with Gasteiger partial charge in [0.05, 0.1) is 30.2 Å². The fourth-order valence-corrected chi connectivity index (χ4v) is 4.19. The van der Waals surface area contributed by atoms with E-state index in [2.05, 4.69) is 9.97 Å². The van der Waals surface area contributed by atoms with E-state index in [1.807, 2.05) is 42.0 Å². The molecule has 1 amide bonds. The summed E-state index contributed by atoms with van der Waals surface area (Å²) in [6, 6.07) is 7.86. The van der Waals surface area contributed by atoms with Crippen LogP contribution in [-0.2, 0) is 17.9 Å². The molecular weight excluding hydrogens is 442 g/mol. The lowest BCUT2D eigenvalue weighted by molar-refractivity contribution is 0.0698. The average Bonchev–Trinajstić information content (AvgIpc) is 3.35. The van der Waals surface area contributed by atoms with Crippen LogP contribution in [-0.4, -0.2) is 43.7 Å². The minimum absolute atomic E-state index is 0.217. The van der Waals surface area contributed by atoms with Crippen molar-refractivity contribution in [1.29, 1.82) is 0 Å². The molecule has 0 bridgehead atoms. The number of pyridine rings is 2. The molecule has 0 N–H and O–H groups in total. The number of amides is 1. The van der Waals surface area contributed by atoms with Gasteiger partial charge in [0.15, 0.2) is 0 Å². The summed E-state index contributed by atoms with van der Waals surface area (Å²) in [4.78, 5) is 26.8. The molecule has 168 valence electrons. The number of carbonyl (C=O) groups excluding carboxylic acids is 1. The van der Waals surface area contributed by atoms with E-state index in [0.717, 1.165) is 39.8 Å². The van der Waals surface area contributed by atoms with Gasteiger partial charge < -0.3 is 18.9 Å². The number of hydrogen-bond donors (Lipinski definition) is 0. The van der Waals surface area contributed by atoms with E-state index in [-0.39, 0.29) is 12.7 Å². The predicted octanol–water partition coefficient (Wildman–Crippen LogP) is 4.70. The summed E-state index contributed by atoms with van der Waals surface area (Å²) >= 11 is 6.48. The number of rotatable bonds is 6. The van der Waals surface area contributed by atoms with Gasteiger partial charge in [-0.1, -0.05) is 23.7 Å². The van der Waals surface area contributed by atoms with Crippen molar-refractivity contribution in [3.05, 3.63) is 77.2 Å². The highest BCUT2D eigenvalue weighted by Crippen LogP contribution is 2.31. The number of ether oxygens (including phenoxy) is 2. The maximum atomic E-state index is 12.1. The summed E-state index contributed by atoms with van der Waals surface area (Å²) in [5, 5.41) is 1.44. The second-order valence-electron chi connectivity index (χ2n) is 7.84. The topological polar surface area (TPSA) is 82.4 Å². The van der Waals surface area contributed by atoms with Gasteiger partial charge in [0, 0.05) is 48.0 Å². The summed E-state index contributed by atoms with van der Waals surface area (Å²) in [5.41, 5.74) is 4.21. The number of hydrogen-bond acceptors (Lipinski definition) is 6. The molecule has 0 spiro atoms. The van der Waals surface area contributed by atoms with Crippen molar-refractivity contribution in [3.63, 3.8) is 0 Å². The summed E-state index contributed by atoms with van der Waals surface area (Å²) in [6.45, 7) is 3.62. The molecule has 8 nitrogen and oxygen atoms in total. The molecule has 4 aromatic rings. The van der Waals surface area contributed by atoms with Crippen LogP contribution in [0.5, 0.6) is 5.75 Å². The molecule has 4 heterocycles. The van der Waals surface area contributed by atoms with Crippen molar-refractivity contribution in [2.24, 2.45) is 0 Å². The van der Waals surface area contributed by atoms with Crippen molar-refractivity contribution < 1.29 is 14.3 Å². The number of aromatic nitrogens is 4. The van der Waals surface area contributed by atoms with Crippen molar-refractivity contribution >= 4 is 28.6 Å². The second kappa shape index (κ2) is 9.07. The molecule has 1 aliphatic heterocycles. The first kappa shape index (κ1) is 21.2. The highest BCUT2D eigenvalue weighted by molar-refractivity contribution is 6.31. The minimum atomic E-state index is -0.325. The van der Waals surface area contributed by atoms with Crippen LogP contribution < -0.4 is 4.74 Å². The lowest BCUT2D eigenvalue weighted by Gasteiger charge is -2.27. The zero-order valence-electron chi connectivity index (χ0n) is 18.1. The quantitative estimate of drug-likeness (QED) is 0.412. The number of fused-ring (bicyclic) bond motifs is 1. The van der Waals surface area contributed by atoms with Crippen LogP contribution in [0, 0.1) is 6.92 Å². The Morgan fingerprint density at radius 2 is 2.15 bits per heavy atom. The average molecular weight is 464 g/mol. The molecule has 1 aliphatic rings. The Labute approximate surface area is 195 Å². The molecule has 1 aromatic carbocycles. The van der Waals surface area contributed by atoms with Gasteiger partial charge in [-0.2, -0.15) is 0 Å². The Hall–Kier alpha value is -3.65. The maximum Gasteiger partial charge on any atom is 0.410 e. The molecule has 33 heavy (non-hydrogen) atoms. The number of imidazole rings is 1. The van der Waals surface area contributed by atoms with Crippen molar-refractivity contribution in [3.8, 4) is 11.4 Å². The number of nitrogens with zero attached hydrogens (tertiary/aromatic N) is 5. The fourth-order valence-electron chi connectivity index (χ4n) is 3.96. The zero-order valence-corrected chi connectivity index (χ0v) is 18.8. The highest BCUT2D eigenvalue weighted by atomic mass is 35.5. The molecular formula is C24H22ClN5O3. The Bertz CT molecular complexity index is 1310. The van der Waals surface area contributed by atoms with Crippen LogP contribution in [0.4, 0.5) is 4.79 Å². The van der Waals surface area contributed by atoms with E-state index in [0.29, 0.717) is 30.5 Å². The summed E-state index contributed by atoms with van der Waals surface area (Å²) < 4.78 is 13.3. The SMILES string of the molecule is Cc1cc(-n2ccnc2)c2cccc(OCc3c(Cl)cncc3CN3CCCOC3=O)c2n1. The first-order chi connectivity index (χ1) is 16.1. The molecule has 0 atom stereocenters. The first-order valence-electron chi connectivity index (χ1n) is 10.6. The maximum absolute atomic E-state index is 12.1. The Kier molecular flexibility index (Phi) is 5.83. The van der Waals surface area contributed by atoms with Gasteiger partial charge in [-0.05, 0) is 31.0 Å². The summed E-state index contributed by atoms with van der Waals surface area (Å²) in [7, 11) is 0. The van der Waals surface area contributed by atoms with Gasteiger partial charge in [-0.3, -0.25) is 4.98 Å². The molecule has 3 aromatic heterocycles. The first-order valence-corrected chi connectivity index (χ1v) is 11.0. The lowest BCUT2D eigenvalue weighted by atomic mass is 10.1. The van der Waals surface area contributed by atoms with Crippen LogP contribution >= 0.6 is 11.6 Å². The molecule has 0 aliphatic carbocycles. The summed E-state index contributed by atoms with van der Waals surface area (Å²) in [5.74, 6) is 0.647. The smallest absolute Gasteiger partial charge is 0.410 e. The van der Waals surface area contributed by atoms with Crippen molar-refractivity contribution in [1.82, 2.24) is 24.4 Å². The number of carbonyl (C=O) groups is 1. The van der Waals surface area contributed by atoms with Gasteiger partial charge >= 0.3 is 6.09 Å². The number of benzene rings is 1. The zero-order chi connectivity index (χ0) is 22.8. The Balaban J connectivity index is 1.46. The molecule has 0 radical (unpaired) electrons.